The van der Waals surface area contributed by atoms with Crippen LogP contribution in [0.1, 0.15) is 43.2 Å². The molecule has 1 fully saturated rings. The summed E-state index contributed by atoms with van der Waals surface area (Å²) in [5, 5.41) is 4.51. The van der Waals surface area contributed by atoms with Crippen molar-refractivity contribution in [3.63, 3.8) is 0 Å². The second kappa shape index (κ2) is 6.93. The second-order valence-corrected chi connectivity index (χ2v) is 6.77. The smallest absolute Gasteiger partial charge is 0.0438 e. The van der Waals surface area contributed by atoms with Crippen molar-refractivity contribution in [2.45, 2.75) is 51.1 Å². The summed E-state index contributed by atoms with van der Waals surface area (Å²) in [4.78, 5) is 2.42. The van der Waals surface area contributed by atoms with E-state index in [1.165, 1.54) is 37.7 Å². The molecular formula is C17H27ClN2. The zero-order chi connectivity index (χ0) is 14.6. The summed E-state index contributed by atoms with van der Waals surface area (Å²) in [6.45, 7) is 4.00. The third-order valence-corrected chi connectivity index (χ3v) is 5.16. The molecule has 0 unspecified atom stereocenters. The van der Waals surface area contributed by atoms with Crippen molar-refractivity contribution >= 4 is 11.6 Å². The van der Waals surface area contributed by atoms with Gasteiger partial charge in [-0.15, -0.1) is 0 Å². The van der Waals surface area contributed by atoms with E-state index < -0.39 is 0 Å². The van der Waals surface area contributed by atoms with Crippen molar-refractivity contribution in [2.24, 2.45) is 0 Å². The van der Waals surface area contributed by atoms with Crippen LogP contribution in [0.25, 0.3) is 0 Å². The Kier molecular flexibility index (Phi) is 5.48. The summed E-state index contributed by atoms with van der Waals surface area (Å²) in [6, 6.07) is 6.34. The molecule has 0 aliphatic heterocycles. The summed E-state index contributed by atoms with van der Waals surface area (Å²) in [6.07, 6.45) is 6.72. The van der Waals surface area contributed by atoms with Crippen LogP contribution in [0, 0.1) is 6.92 Å². The van der Waals surface area contributed by atoms with Crippen LogP contribution >= 0.6 is 11.6 Å². The van der Waals surface area contributed by atoms with Crippen LogP contribution in [0.4, 0.5) is 0 Å². The molecule has 112 valence electrons. The molecule has 0 spiro atoms. The first-order valence-corrected chi connectivity index (χ1v) is 8.04. The van der Waals surface area contributed by atoms with E-state index in [0.29, 0.717) is 5.54 Å². The highest BCUT2D eigenvalue weighted by Crippen LogP contribution is 2.31. The summed E-state index contributed by atoms with van der Waals surface area (Å²) in [5.74, 6) is 0. The van der Waals surface area contributed by atoms with Gasteiger partial charge in [0.1, 0.15) is 0 Å². The highest BCUT2D eigenvalue weighted by atomic mass is 35.5. The minimum absolute atomic E-state index is 0.340. The van der Waals surface area contributed by atoms with Gasteiger partial charge in [0.25, 0.3) is 0 Å². The van der Waals surface area contributed by atoms with Crippen molar-refractivity contribution < 1.29 is 0 Å². The summed E-state index contributed by atoms with van der Waals surface area (Å²) >= 11 is 6.18. The lowest BCUT2D eigenvalue weighted by Crippen LogP contribution is -2.52. The minimum Gasteiger partial charge on any atom is -0.311 e. The molecule has 0 radical (unpaired) electrons. The number of hydrogen-bond acceptors (Lipinski definition) is 2. The van der Waals surface area contributed by atoms with Crippen LogP contribution in [0.5, 0.6) is 0 Å². The molecule has 2 rings (SSSR count). The van der Waals surface area contributed by atoms with Gasteiger partial charge in [-0.3, -0.25) is 0 Å². The molecule has 0 heterocycles. The quantitative estimate of drug-likeness (QED) is 0.883. The summed E-state index contributed by atoms with van der Waals surface area (Å²) < 4.78 is 0. The van der Waals surface area contributed by atoms with Crippen molar-refractivity contribution in [3.05, 3.63) is 34.3 Å². The van der Waals surface area contributed by atoms with Crippen LogP contribution in [0.15, 0.2) is 18.2 Å². The van der Waals surface area contributed by atoms with Gasteiger partial charge in [0.2, 0.25) is 0 Å². The lowest BCUT2D eigenvalue weighted by molar-refractivity contribution is 0.0984. The number of nitrogens with one attached hydrogen (secondary N) is 1. The summed E-state index contributed by atoms with van der Waals surface area (Å²) in [7, 11) is 4.44. The van der Waals surface area contributed by atoms with Gasteiger partial charge in [-0.2, -0.15) is 0 Å². The maximum Gasteiger partial charge on any atom is 0.0438 e. The van der Waals surface area contributed by atoms with E-state index in [9.17, 15) is 0 Å². The predicted molar refractivity (Wildman–Crippen MR) is 87.4 cm³/mol. The Hall–Kier alpha value is -0.570. The molecule has 3 heteroatoms. The fourth-order valence-corrected chi connectivity index (χ4v) is 3.38. The fraction of sp³-hybridized carbons (Fsp3) is 0.647. The van der Waals surface area contributed by atoms with Gasteiger partial charge in [-0.25, -0.2) is 0 Å². The summed E-state index contributed by atoms with van der Waals surface area (Å²) in [5.41, 5.74) is 2.75. The second-order valence-electron chi connectivity index (χ2n) is 6.37. The van der Waals surface area contributed by atoms with Crippen molar-refractivity contribution in [2.75, 3.05) is 20.6 Å². The minimum atomic E-state index is 0.340. The molecule has 1 aromatic carbocycles. The highest BCUT2D eigenvalue weighted by Gasteiger charge is 2.33. The van der Waals surface area contributed by atoms with E-state index in [0.717, 1.165) is 23.7 Å². The van der Waals surface area contributed by atoms with Gasteiger partial charge in [0.15, 0.2) is 0 Å². The van der Waals surface area contributed by atoms with Gasteiger partial charge in [-0.05, 0) is 51.1 Å². The Morgan fingerprint density at radius 2 is 1.90 bits per heavy atom. The highest BCUT2D eigenvalue weighted by molar-refractivity contribution is 6.31. The number of benzene rings is 1. The van der Waals surface area contributed by atoms with Gasteiger partial charge < -0.3 is 10.2 Å². The van der Waals surface area contributed by atoms with Crippen molar-refractivity contribution in [3.8, 4) is 0 Å². The lowest BCUT2D eigenvalue weighted by Gasteiger charge is -2.43. The first-order valence-electron chi connectivity index (χ1n) is 7.67. The standard InChI is InChI=1S/C17H27ClN2/c1-14-7-8-15(11-16(14)18)12-19-13-17(20(2)3)9-5-4-6-10-17/h7-8,11,19H,4-6,9-10,12-13H2,1-3H3. The van der Waals surface area contributed by atoms with Crippen LogP contribution in [-0.4, -0.2) is 31.1 Å². The van der Waals surface area contributed by atoms with E-state index >= 15 is 0 Å². The molecule has 0 atom stereocenters. The monoisotopic (exact) mass is 294 g/mol. The van der Waals surface area contributed by atoms with E-state index in [-0.39, 0.29) is 0 Å². The number of nitrogens with zero attached hydrogens (tertiary/aromatic N) is 1. The normalized spacial score (nSPS) is 18.4. The average molecular weight is 295 g/mol. The van der Waals surface area contributed by atoms with E-state index in [1.54, 1.807) is 0 Å². The zero-order valence-corrected chi connectivity index (χ0v) is 13.8. The van der Waals surface area contributed by atoms with Crippen LogP contribution in [0.2, 0.25) is 5.02 Å². The molecule has 1 saturated carbocycles. The molecule has 0 bridgehead atoms. The molecule has 1 aromatic rings. The van der Waals surface area contributed by atoms with Gasteiger partial charge in [-0.1, -0.05) is 43.0 Å². The van der Waals surface area contributed by atoms with Crippen LogP contribution in [-0.2, 0) is 6.54 Å². The Balaban J connectivity index is 1.91. The third-order valence-electron chi connectivity index (χ3n) is 4.75. The van der Waals surface area contributed by atoms with E-state index in [4.69, 9.17) is 11.6 Å². The SMILES string of the molecule is Cc1ccc(CNCC2(N(C)C)CCCCC2)cc1Cl. The van der Waals surface area contributed by atoms with Gasteiger partial charge >= 0.3 is 0 Å². The predicted octanol–water partition coefficient (Wildman–Crippen LogP) is 4.00. The fourth-order valence-electron chi connectivity index (χ4n) is 3.18. The zero-order valence-electron chi connectivity index (χ0n) is 13.0. The molecule has 0 amide bonds. The number of halogens is 1. The Labute approximate surface area is 128 Å². The number of likely N-dealkylation sites (N-methyl/N-ethyl adjacent to an activating group) is 1. The molecule has 1 N–H and O–H groups in total. The third kappa shape index (κ3) is 3.75. The molecule has 20 heavy (non-hydrogen) atoms. The molecule has 2 nitrogen and oxygen atoms in total. The maximum atomic E-state index is 6.18. The van der Waals surface area contributed by atoms with E-state index in [1.807, 2.05) is 6.92 Å². The number of rotatable bonds is 5. The molecule has 0 aromatic heterocycles. The molecule has 1 aliphatic carbocycles. The van der Waals surface area contributed by atoms with Crippen molar-refractivity contribution in [1.82, 2.24) is 10.2 Å². The number of aryl methyl sites for hydroxylation is 1. The molecule has 1 aliphatic rings. The molecular weight excluding hydrogens is 268 g/mol. The average Bonchev–Trinajstić information content (AvgIpc) is 2.44. The Bertz CT molecular complexity index is 437. The Morgan fingerprint density at radius 3 is 2.50 bits per heavy atom. The number of hydrogen-bond donors (Lipinski definition) is 1. The topological polar surface area (TPSA) is 15.3 Å². The largest absolute Gasteiger partial charge is 0.311 e. The van der Waals surface area contributed by atoms with Crippen LogP contribution in [0.3, 0.4) is 0 Å². The van der Waals surface area contributed by atoms with E-state index in [2.05, 4.69) is 42.5 Å². The van der Waals surface area contributed by atoms with Crippen LogP contribution < -0.4 is 5.32 Å². The van der Waals surface area contributed by atoms with Gasteiger partial charge in [0, 0.05) is 23.7 Å². The maximum absolute atomic E-state index is 6.18. The first-order chi connectivity index (χ1) is 9.53. The molecule has 0 saturated heterocycles. The lowest BCUT2D eigenvalue weighted by atomic mass is 9.80. The first kappa shape index (κ1) is 15.8. The Morgan fingerprint density at radius 1 is 1.20 bits per heavy atom. The van der Waals surface area contributed by atoms with Gasteiger partial charge in [0.05, 0.1) is 0 Å². The van der Waals surface area contributed by atoms with Crippen molar-refractivity contribution in [1.29, 1.82) is 0 Å².